The van der Waals surface area contributed by atoms with Gasteiger partial charge < -0.3 is 0 Å². The van der Waals surface area contributed by atoms with Crippen LogP contribution in [-0.4, -0.2) is 12.2 Å². The summed E-state index contributed by atoms with van der Waals surface area (Å²) in [6.07, 6.45) is 2.73. The summed E-state index contributed by atoms with van der Waals surface area (Å²) < 4.78 is 0. The Kier molecular flexibility index (Phi) is 3.55. The van der Waals surface area contributed by atoms with Crippen molar-refractivity contribution in [1.82, 2.24) is 0 Å². The predicted octanol–water partition coefficient (Wildman–Crippen LogP) is 3.65. The van der Waals surface area contributed by atoms with Crippen molar-refractivity contribution in [2.24, 2.45) is 10.2 Å². The summed E-state index contributed by atoms with van der Waals surface area (Å²) in [5.74, 6) is -0.333. The number of hydrogen-bond acceptors (Lipinski definition) is 3. The Morgan fingerprint density at radius 3 is 2.67 bits per heavy atom. The number of nitroso groups, excluding NO2 is 1. The van der Waals surface area contributed by atoms with E-state index in [9.17, 15) is 4.91 Å². The van der Waals surface area contributed by atoms with Crippen molar-refractivity contribution in [3.8, 4) is 0 Å². The zero-order valence-electron chi connectivity index (χ0n) is 11.4. The first-order chi connectivity index (χ1) is 10.3. The third-order valence-electron chi connectivity index (χ3n) is 3.46. The Bertz CT molecular complexity index is 709. The molecular formula is C16H14N4O. The van der Waals surface area contributed by atoms with Crippen LogP contribution in [0, 0.1) is 10.3 Å². The van der Waals surface area contributed by atoms with Crippen molar-refractivity contribution in [2.45, 2.75) is 13.0 Å². The summed E-state index contributed by atoms with van der Waals surface area (Å²) in [5, 5.41) is 10.6. The number of rotatable bonds is 2. The fourth-order valence-electron chi connectivity index (χ4n) is 2.44. The Balaban J connectivity index is 2.05. The lowest BCUT2D eigenvalue weighted by Gasteiger charge is -2.23. The Hall–Kier alpha value is -2.82. The van der Waals surface area contributed by atoms with E-state index in [-0.39, 0.29) is 5.96 Å². The fraction of sp³-hybridized carbons (Fsp3) is 0.125. The largest absolute Gasteiger partial charge is 0.292 e. The molecule has 0 radical (unpaired) electrons. The van der Waals surface area contributed by atoms with Gasteiger partial charge in [-0.2, -0.15) is 0 Å². The Morgan fingerprint density at radius 2 is 1.90 bits per heavy atom. The molecule has 1 aliphatic heterocycles. The molecule has 0 aromatic heterocycles. The molecule has 0 bridgehead atoms. The number of nitrogens with one attached hydrogen (secondary N) is 1. The van der Waals surface area contributed by atoms with Gasteiger partial charge in [0.15, 0.2) is 0 Å². The van der Waals surface area contributed by atoms with Gasteiger partial charge in [-0.25, -0.2) is 0 Å². The summed E-state index contributed by atoms with van der Waals surface area (Å²) in [5.41, 5.74) is 3.84. The van der Waals surface area contributed by atoms with Crippen LogP contribution in [0.5, 0.6) is 0 Å². The van der Waals surface area contributed by atoms with Crippen LogP contribution in [0.4, 0.5) is 11.4 Å². The predicted molar refractivity (Wildman–Crippen MR) is 84.4 cm³/mol. The maximum atomic E-state index is 10.8. The van der Waals surface area contributed by atoms with E-state index in [2.05, 4.69) is 10.2 Å². The lowest BCUT2D eigenvalue weighted by molar-refractivity contribution is 1.00. The summed E-state index contributed by atoms with van der Waals surface area (Å²) >= 11 is 0. The van der Waals surface area contributed by atoms with Crippen molar-refractivity contribution in [3.63, 3.8) is 0 Å². The summed E-state index contributed by atoms with van der Waals surface area (Å²) in [4.78, 5) is 16.6. The van der Waals surface area contributed by atoms with Crippen molar-refractivity contribution in [2.75, 3.05) is 4.90 Å². The van der Waals surface area contributed by atoms with E-state index in [0.29, 0.717) is 6.54 Å². The highest BCUT2D eigenvalue weighted by molar-refractivity contribution is 6.01. The van der Waals surface area contributed by atoms with Gasteiger partial charge in [-0.1, -0.05) is 24.3 Å². The normalized spacial score (nSPS) is 12.6. The van der Waals surface area contributed by atoms with E-state index >= 15 is 0 Å². The molecule has 2 aromatic carbocycles. The highest BCUT2D eigenvalue weighted by Gasteiger charge is 2.17. The second-order valence-electron chi connectivity index (χ2n) is 4.77. The van der Waals surface area contributed by atoms with Gasteiger partial charge in [0, 0.05) is 29.2 Å². The van der Waals surface area contributed by atoms with E-state index in [0.717, 1.165) is 23.4 Å². The molecule has 3 rings (SSSR count). The first-order valence-corrected chi connectivity index (χ1v) is 6.67. The molecule has 0 aliphatic carbocycles. The number of anilines is 2. The van der Waals surface area contributed by atoms with Gasteiger partial charge in [0.1, 0.15) is 0 Å². The van der Waals surface area contributed by atoms with E-state index in [4.69, 9.17) is 5.41 Å². The smallest absolute Gasteiger partial charge is 0.269 e. The molecule has 2 aromatic rings. The van der Waals surface area contributed by atoms with E-state index in [1.165, 1.54) is 10.5 Å². The van der Waals surface area contributed by atoms with E-state index in [1.807, 2.05) is 54.7 Å². The molecule has 0 amide bonds. The standard InChI is InChI=1S/C16H14N4O/c17-16(19-21)20(14-4-2-1-3-5-14)15-7-6-12-8-9-18-11-13(12)10-15/h1-7,9-10,17H,8,11H2. The average Bonchev–Trinajstić information content (AvgIpc) is 2.56. The summed E-state index contributed by atoms with van der Waals surface area (Å²) in [6, 6.07) is 15.2. The van der Waals surface area contributed by atoms with Crippen LogP contribution in [0.2, 0.25) is 0 Å². The Morgan fingerprint density at radius 1 is 1.10 bits per heavy atom. The van der Waals surface area contributed by atoms with Crippen LogP contribution < -0.4 is 4.90 Å². The number of aliphatic imine (C=N–C) groups is 1. The summed E-state index contributed by atoms with van der Waals surface area (Å²) in [7, 11) is 0. The molecule has 0 saturated carbocycles. The molecule has 0 saturated heterocycles. The zero-order chi connectivity index (χ0) is 14.7. The molecule has 0 atom stereocenters. The molecule has 5 heteroatoms. The van der Waals surface area contributed by atoms with Crippen LogP contribution in [0.3, 0.4) is 0 Å². The summed E-state index contributed by atoms with van der Waals surface area (Å²) in [6.45, 7) is 0.633. The van der Waals surface area contributed by atoms with Crippen molar-refractivity contribution < 1.29 is 0 Å². The van der Waals surface area contributed by atoms with Crippen molar-refractivity contribution in [1.29, 1.82) is 5.41 Å². The van der Waals surface area contributed by atoms with Crippen LogP contribution in [0.1, 0.15) is 11.1 Å². The molecule has 0 fully saturated rings. The van der Waals surface area contributed by atoms with Crippen molar-refractivity contribution in [3.05, 3.63) is 64.6 Å². The van der Waals surface area contributed by atoms with Gasteiger partial charge in [0.2, 0.25) is 0 Å². The fourth-order valence-corrected chi connectivity index (χ4v) is 2.44. The van der Waals surface area contributed by atoms with Gasteiger partial charge in [0.25, 0.3) is 5.96 Å². The number of para-hydroxylation sites is 1. The monoisotopic (exact) mass is 278 g/mol. The topological polar surface area (TPSA) is 68.9 Å². The number of fused-ring (bicyclic) bond motifs is 1. The van der Waals surface area contributed by atoms with E-state index < -0.39 is 0 Å². The molecule has 1 heterocycles. The average molecular weight is 278 g/mol. The SMILES string of the molecule is N=C(N=O)N(c1ccccc1)c1ccc2c(c1)CN=CC2. The van der Waals surface area contributed by atoms with Crippen LogP contribution in [-0.2, 0) is 13.0 Å². The zero-order valence-corrected chi connectivity index (χ0v) is 11.4. The van der Waals surface area contributed by atoms with E-state index in [1.54, 1.807) is 0 Å². The minimum atomic E-state index is -0.333. The second kappa shape index (κ2) is 5.66. The van der Waals surface area contributed by atoms with Crippen LogP contribution >= 0.6 is 0 Å². The Labute approximate surface area is 122 Å². The molecule has 1 aliphatic rings. The third-order valence-corrected chi connectivity index (χ3v) is 3.46. The number of guanidine groups is 1. The molecule has 21 heavy (non-hydrogen) atoms. The van der Waals surface area contributed by atoms with Crippen molar-refractivity contribution >= 4 is 23.5 Å². The highest BCUT2D eigenvalue weighted by atomic mass is 16.3. The van der Waals surface area contributed by atoms with Crippen LogP contribution in [0.25, 0.3) is 0 Å². The highest BCUT2D eigenvalue weighted by Crippen LogP contribution is 2.29. The molecular weight excluding hydrogens is 264 g/mol. The number of benzene rings is 2. The lowest BCUT2D eigenvalue weighted by Crippen LogP contribution is -2.23. The number of hydrogen-bond donors (Lipinski definition) is 1. The third kappa shape index (κ3) is 2.58. The number of nitrogens with zero attached hydrogens (tertiary/aromatic N) is 3. The molecule has 104 valence electrons. The molecule has 1 N–H and O–H groups in total. The van der Waals surface area contributed by atoms with Gasteiger partial charge in [-0.05, 0) is 35.4 Å². The molecule has 0 spiro atoms. The second-order valence-corrected chi connectivity index (χ2v) is 4.77. The van der Waals surface area contributed by atoms with Gasteiger partial charge in [0.05, 0.1) is 6.54 Å². The minimum absolute atomic E-state index is 0.333. The molecule has 5 nitrogen and oxygen atoms in total. The maximum absolute atomic E-state index is 10.8. The lowest BCUT2D eigenvalue weighted by atomic mass is 10.0. The first-order valence-electron chi connectivity index (χ1n) is 6.67. The van der Waals surface area contributed by atoms with Gasteiger partial charge in [-0.3, -0.25) is 15.3 Å². The quantitative estimate of drug-likeness (QED) is 0.517. The van der Waals surface area contributed by atoms with Gasteiger partial charge >= 0.3 is 0 Å². The van der Waals surface area contributed by atoms with Crippen LogP contribution in [0.15, 0.2) is 58.7 Å². The minimum Gasteiger partial charge on any atom is -0.292 e. The molecule has 0 unspecified atom stereocenters. The maximum Gasteiger partial charge on any atom is 0.269 e. The van der Waals surface area contributed by atoms with Gasteiger partial charge in [-0.15, -0.1) is 4.91 Å². The first kappa shape index (κ1) is 13.2.